The zero-order valence-electron chi connectivity index (χ0n) is 11.3. The van der Waals surface area contributed by atoms with Crippen molar-refractivity contribution >= 4 is 26.9 Å². The first kappa shape index (κ1) is 14.8. The molecule has 1 aromatic heterocycles. The molecule has 0 aliphatic heterocycles. The predicted molar refractivity (Wildman–Crippen MR) is 80.0 cm³/mol. The molecule has 7 heteroatoms. The molecule has 2 aromatic rings. The van der Waals surface area contributed by atoms with Gasteiger partial charge in [0.15, 0.2) is 9.84 Å². The van der Waals surface area contributed by atoms with Crippen molar-refractivity contribution in [3.63, 3.8) is 0 Å². The molecule has 2 N–H and O–H groups in total. The summed E-state index contributed by atoms with van der Waals surface area (Å²) in [6.45, 7) is 2.44. The van der Waals surface area contributed by atoms with Gasteiger partial charge in [0, 0.05) is 17.6 Å². The highest BCUT2D eigenvalue weighted by molar-refractivity contribution is 7.90. The van der Waals surface area contributed by atoms with Gasteiger partial charge < -0.3 is 10.5 Å². The number of sulfone groups is 1. The van der Waals surface area contributed by atoms with Crippen molar-refractivity contribution in [2.24, 2.45) is 0 Å². The van der Waals surface area contributed by atoms with Crippen LogP contribution in [0.25, 0.3) is 0 Å². The molecule has 0 amide bonds. The number of nitrogens with zero attached hydrogens (tertiary/aromatic N) is 1. The van der Waals surface area contributed by atoms with Crippen LogP contribution in [0.3, 0.4) is 0 Å². The number of thiazole rings is 1. The van der Waals surface area contributed by atoms with Crippen molar-refractivity contribution in [2.75, 3.05) is 18.6 Å². The number of nitrogen functional groups attached to an aromatic ring is 1. The van der Waals surface area contributed by atoms with Gasteiger partial charge in [0.1, 0.15) is 5.75 Å². The van der Waals surface area contributed by atoms with Crippen molar-refractivity contribution in [1.82, 2.24) is 4.98 Å². The summed E-state index contributed by atoms with van der Waals surface area (Å²) in [4.78, 5) is 5.54. The molecule has 1 heterocycles. The van der Waals surface area contributed by atoms with E-state index in [1.165, 1.54) is 17.0 Å². The quantitative estimate of drug-likeness (QED) is 0.855. The maximum atomic E-state index is 11.4. The summed E-state index contributed by atoms with van der Waals surface area (Å²) in [5, 5.41) is 0. The van der Waals surface area contributed by atoms with E-state index in [0.717, 1.165) is 18.4 Å². The molecule has 20 heavy (non-hydrogen) atoms. The van der Waals surface area contributed by atoms with Crippen LogP contribution >= 0.6 is 11.3 Å². The Morgan fingerprint density at radius 2 is 2.15 bits per heavy atom. The summed E-state index contributed by atoms with van der Waals surface area (Å²) >= 11 is 1.59. The van der Waals surface area contributed by atoms with Gasteiger partial charge in [0.2, 0.25) is 0 Å². The van der Waals surface area contributed by atoms with Crippen LogP contribution in [0.2, 0.25) is 0 Å². The van der Waals surface area contributed by atoms with Crippen molar-refractivity contribution in [3.05, 3.63) is 34.3 Å². The Bertz CT molecular complexity index is 708. The fourth-order valence-electron chi connectivity index (χ4n) is 1.71. The van der Waals surface area contributed by atoms with E-state index in [1.807, 2.05) is 6.92 Å². The van der Waals surface area contributed by atoms with Crippen molar-refractivity contribution in [3.8, 4) is 5.75 Å². The number of ether oxygens (including phenoxy) is 1. The zero-order chi connectivity index (χ0) is 14.8. The second-order valence-corrected chi connectivity index (χ2v) is 7.39. The molecule has 0 spiro atoms. The van der Waals surface area contributed by atoms with Gasteiger partial charge in [-0.2, -0.15) is 0 Å². The summed E-state index contributed by atoms with van der Waals surface area (Å²) in [6, 6.07) is 4.51. The Morgan fingerprint density at radius 3 is 2.70 bits per heavy atom. The maximum absolute atomic E-state index is 11.4. The first-order valence-corrected chi connectivity index (χ1v) is 8.76. The van der Waals surface area contributed by atoms with Crippen molar-refractivity contribution in [1.29, 1.82) is 0 Å². The largest absolute Gasteiger partial charge is 0.491 e. The lowest BCUT2D eigenvalue weighted by Crippen LogP contribution is -2.05. The van der Waals surface area contributed by atoms with Crippen LogP contribution in [0.15, 0.2) is 28.6 Å². The minimum Gasteiger partial charge on any atom is -0.491 e. The summed E-state index contributed by atoms with van der Waals surface area (Å²) in [5.41, 5.74) is 8.95. The van der Waals surface area contributed by atoms with Crippen LogP contribution in [-0.2, 0) is 16.3 Å². The smallest absolute Gasteiger partial charge is 0.175 e. The van der Waals surface area contributed by atoms with E-state index < -0.39 is 9.84 Å². The normalized spacial score (nSPS) is 11.5. The molecular formula is C13H16N2O3S2. The lowest BCUT2D eigenvalue weighted by Gasteiger charge is -2.09. The van der Waals surface area contributed by atoms with E-state index in [1.54, 1.807) is 22.9 Å². The first-order valence-electron chi connectivity index (χ1n) is 5.99. The second-order valence-electron chi connectivity index (χ2n) is 4.43. The SMILES string of the molecule is Cc1ncsc1CCOc1ccc(S(C)(=O)=O)cc1N. The highest BCUT2D eigenvalue weighted by atomic mass is 32.2. The van der Waals surface area contributed by atoms with Gasteiger partial charge in [-0.05, 0) is 25.1 Å². The Morgan fingerprint density at radius 1 is 1.40 bits per heavy atom. The molecule has 1 aromatic carbocycles. The molecule has 2 rings (SSSR count). The molecule has 0 radical (unpaired) electrons. The number of rotatable bonds is 5. The topological polar surface area (TPSA) is 82.3 Å². The fourth-order valence-corrected chi connectivity index (χ4v) is 3.13. The van der Waals surface area contributed by atoms with Crippen LogP contribution in [0.1, 0.15) is 10.6 Å². The van der Waals surface area contributed by atoms with E-state index in [4.69, 9.17) is 10.5 Å². The summed E-state index contributed by atoms with van der Waals surface area (Å²) < 4.78 is 28.4. The molecule has 0 atom stereocenters. The van der Waals surface area contributed by atoms with Gasteiger partial charge in [-0.1, -0.05) is 0 Å². The number of hydrogen-bond acceptors (Lipinski definition) is 6. The van der Waals surface area contributed by atoms with Crippen LogP contribution in [0.4, 0.5) is 5.69 Å². The highest BCUT2D eigenvalue weighted by Gasteiger charge is 2.10. The van der Waals surface area contributed by atoms with E-state index in [9.17, 15) is 8.42 Å². The Labute approximate surface area is 122 Å². The van der Waals surface area contributed by atoms with E-state index in [2.05, 4.69) is 4.98 Å². The van der Waals surface area contributed by atoms with E-state index in [0.29, 0.717) is 18.0 Å². The monoisotopic (exact) mass is 312 g/mol. The third-order valence-corrected chi connectivity index (χ3v) is 4.95. The van der Waals surface area contributed by atoms with Gasteiger partial charge in [0.25, 0.3) is 0 Å². The highest BCUT2D eigenvalue weighted by Crippen LogP contribution is 2.25. The minimum absolute atomic E-state index is 0.195. The van der Waals surface area contributed by atoms with E-state index >= 15 is 0 Å². The maximum Gasteiger partial charge on any atom is 0.175 e. The van der Waals surface area contributed by atoms with Gasteiger partial charge in [-0.3, -0.25) is 0 Å². The number of hydrogen-bond donors (Lipinski definition) is 1. The van der Waals surface area contributed by atoms with Crippen LogP contribution in [-0.4, -0.2) is 26.3 Å². The third-order valence-electron chi connectivity index (χ3n) is 2.84. The molecule has 0 bridgehead atoms. The molecule has 0 aliphatic rings. The molecular weight excluding hydrogens is 296 g/mol. The summed E-state index contributed by atoms with van der Waals surface area (Å²) in [7, 11) is -3.25. The molecule has 0 aliphatic carbocycles. The minimum atomic E-state index is -3.25. The average molecular weight is 312 g/mol. The third kappa shape index (κ3) is 3.49. The number of anilines is 1. The first-order chi connectivity index (χ1) is 9.38. The van der Waals surface area contributed by atoms with Gasteiger partial charge in [-0.15, -0.1) is 11.3 Å². The lowest BCUT2D eigenvalue weighted by molar-refractivity contribution is 0.324. The van der Waals surface area contributed by atoms with Crippen LogP contribution < -0.4 is 10.5 Å². The molecule has 0 saturated heterocycles. The molecule has 108 valence electrons. The second kappa shape index (κ2) is 5.80. The fraction of sp³-hybridized carbons (Fsp3) is 0.308. The summed E-state index contributed by atoms with van der Waals surface area (Å²) in [5.74, 6) is 0.500. The van der Waals surface area contributed by atoms with Gasteiger partial charge >= 0.3 is 0 Å². The Hall–Kier alpha value is -1.60. The van der Waals surface area contributed by atoms with Gasteiger partial charge in [0.05, 0.1) is 28.4 Å². The molecule has 0 unspecified atom stereocenters. The summed E-state index contributed by atoms with van der Waals surface area (Å²) in [6.07, 6.45) is 1.90. The van der Waals surface area contributed by atoms with Crippen LogP contribution in [0.5, 0.6) is 5.75 Å². The van der Waals surface area contributed by atoms with Crippen LogP contribution in [0, 0.1) is 6.92 Å². The molecule has 5 nitrogen and oxygen atoms in total. The predicted octanol–water partition coefficient (Wildman–Crippen LogP) is 2.06. The number of benzene rings is 1. The van der Waals surface area contributed by atoms with E-state index in [-0.39, 0.29) is 4.90 Å². The van der Waals surface area contributed by atoms with Gasteiger partial charge in [-0.25, -0.2) is 13.4 Å². The number of aromatic nitrogens is 1. The number of nitrogens with two attached hydrogens (primary N) is 1. The van der Waals surface area contributed by atoms with Crippen molar-refractivity contribution < 1.29 is 13.2 Å². The molecule has 0 saturated carbocycles. The number of aryl methyl sites for hydroxylation is 1. The Kier molecular flexibility index (Phi) is 4.29. The Balaban J connectivity index is 2.02. The zero-order valence-corrected chi connectivity index (χ0v) is 12.9. The molecule has 0 fully saturated rings. The average Bonchev–Trinajstić information content (AvgIpc) is 2.76. The standard InChI is InChI=1S/C13H16N2O3S2/c1-9-13(19-8-15-9)5-6-18-12-4-3-10(7-11(12)14)20(2,16)17/h3-4,7-8H,5-6,14H2,1-2H3. The lowest BCUT2D eigenvalue weighted by atomic mass is 10.3. The van der Waals surface area contributed by atoms with Crippen molar-refractivity contribution in [2.45, 2.75) is 18.2 Å².